The number of halogens is 1. The van der Waals surface area contributed by atoms with Gasteiger partial charge < -0.3 is 5.73 Å². The van der Waals surface area contributed by atoms with Gasteiger partial charge in [-0.05, 0) is 24.1 Å². The Kier molecular flexibility index (Phi) is 3.63. The van der Waals surface area contributed by atoms with Gasteiger partial charge >= 0.3 is 0 Å². The number of hydrogen-bond donors (Lipinski definition) is 1. The molecule has 1 aromatic rings. The molecule has 13 heavy (non-hydrogen) atoms. The number of carbonyl (C=O) groups is 1. The van der Waals surface area contributed by atoms with Crippen LogP contribution in [0.15, 0.2) is 22.7 Å². The lowest BCUT2D eigenvalue weighted by molar-refractivity contribution is 0.100. The number of ketones is 1. The minimum atomic E-state index is -0.00171. The average Bonchev–Trinajstić information content (AvgIpc) is 2.16. The van der Waals surface area contributed by atoms with Crippen molar-refractivity contribution in [1.29, 1.82) is 0 Å². The van der Waals surface area contributed by atoms with Crippen molar-refractivity contribution in [2.45, 2.75) is 13.3 Å². The molecule has 0 saturated heterocycles. The number of rotatable bonds is 3. The molecular weight excluding hydrogens is 230 g/mol. The van der Waals surface area contributed by atoms with Crippen LogP contribution in [0, 0.1) is 0 Å². The first-order valence-electron chi connectivity index (χ1n) is 4.20. The summed E-state index contributed by atoms with van der Waals surface area (Å²) >= 11 is 3.33. The first kappa shape index (κ1) is 10.4. The van der Waals surface area contributed by atoms with Gasteiger partial charge in [0.15, 0.2) is 5.78 Å². The second-order valence-corrected chi connectivity index (χ2v) is 3.70. The molecule has 0 heterocycles. The van der Waals surface area contributed by atoms with Crippen LogP contribution in [0.2, 0.25) is 0 Å². The van der Waals surface area contributed by atoms with Crippen LogP contribution in [0.5, 0.6) is 0 Å². The van der Waals surface area contributed by atoms with Crippen LogP contribution in [-0.4, -0.2) is 12.3 Å². The smallest absolute Gasteiger partial charge is 0.176 e. The highest BCUT2D eigenvalue weighted by Crippen LogP contribution is 2.17. The van der Waals surface area contributed by atoms with Crippen LogP contribution in [0.4, 0.5) is 0 Å². The molecule has 0 bridgehead atoms. The summed E-state index contributed by atoms with van der Waals surface area (Å²) in [6, 6.07) is 5.72. The van der Waals surface area contributed by atoms with E-state index < -0.39 is 0 Å². The molecule has 70 valence electrons. The van der Waals surface area contributed by atoms with E-state index >= 15 is 0 Å². The number of aryl methyl sites for hydroxylation is 1. The average molecular weight is 242 g/mol. The number of Topliss-reactive ketones (excluding diaryl/α,β-unsaturated/α-hetero) is 1. The van der Waals surface area contributed by atoms with Crippen molar-refractivity contribution in [2.24, 2.45) is 5.73 Å². The zero-order valence-corrected chi connectivity index (χ0v) is 9.10. The molecule has 0 unspecified atom stereocenters. The molecule has 0 aliphatic heterocycles. The van der Waals surface area contributed by atoms with E-state index in [9.17, 15) is 4.79 Å². The number of benzene rings is 1. The quantitative estimate of drug-likeness (QED) is 0.825. The van der Waals surface area contributed by atoms with E-state index in [2.05, 4.69) is 15.9 Å². The monoisotopic (exact) mass is 241 g/mol. The summed E-state index contributed by atoms with van der Waals surface area (Å²) in [6.07, 6.45) is 0.856. The first-order chi connectivity index (χ1) is 6.19. The largest absolute Gasteiger partial charge is 0.324 e. The fourth-order valence-corrected chi connectivity index (χ4v) is 1.59. The van der Waals surface area contributed by atoms with Gasteiger partial charge in [-0.2, -0.15) is 0 Å². The van der Waals surface area contributed by atoms with Crippen LogP contribution < -0.4 is 5.73 Å². The van der Waals surface area contributed by atoms with Crippen molar-refractivity contribution in [3.8, 4) is 0 Å². The Bertz CT molecular complexity index is 323. The van der Waals surface area contributed by atoms with Gasteiger partial charge in [0.1, 0.15) is 0 Å². The van der Waals surface area contributed by atoms with Crippen LogP contribution in [0.1, 0.15) is 22.8 Å². The lowest BCUT2D eigenvalue weighted by atomic mass is 10.0. The standard InChI is InChI=1S/C10H12BrNO/c1-2-7-3-4-8(11)5-9(7)10(13)6-12/h3-5H,2,6,12H2,1H3. The van der Waals surface area contributed by atoms with Crippen molar-refractivity contribution in [2.75, 3.05) is 6.54 Å². The Morgan fingerprint density at radius 2 is 2.23 bits per heavy atom. The van der Waals surface area contributed by atoms with Gasteiger partial charge in [-0.15, -0.1) is 0 Å². The second-order valence-electron chi connectivity index (χ2n) is 2.78. The predicted octanol–water partition coefficient (Wildman–Crippen LogP) is 2.15. The second kappa shape index (κ2) is 4.53. The summed E-state index contributed by atoms with van der Waals surface area (Å²) < 4.78 is 0.918. The zero-order valence-electron chi connectivity index (χ0n) is 7.51. The van der Waals surface area contributed by atoms with Gasteiger partial charge in [0.2, 0.25) is 0 Å². The summed E-state index contributed by atoms with van der Waals surface area (Å²) in [6.45, 7) is 2.10. The molecule has 0 amide bonds. The molecule has 3 heteroatoms. The molecule has 2 N–H and O–H groups in total. The molecule has 0 saturated carbocycles. The third-order valence-electron chi connectivity index (χ3n) is 1.94. The van der Waals surface area contributed by atoms with E-state index in [1.54, 1.807) is 0 Å². The van der Waals surface area contributed by atoms with Crippen LogP contribution >= 0.6 is 15.9 Å². The van der Waals surface area contributed by atoms with Crippen molar-refractivity contribution in [3.63, 3.8) is 0 Å². The SMILES string of the molecule is CCc1ccc(Br)cc1C(=O)CN. The summed E-state index contributed by atoms with van der Waals surface area (Å²) in [5.74, 6) is -0.00171. The van der Waals surface area contributed by atoms with Crippen LogP contribution in [0.3, 0.4) is 0 Å². The molecule has 2 nitrogen and oxygen atoms in total. The Hall–Kier alpha value is -0.670. The molecule has 0 atom stereocenters. The number of carbonyl (C=O) groups excluding carboxylic acids is 1. The predicted molar refractivity (Wildman–Crippen MR) is 56.9 cm³/mol. The van der Waals surface area contributed by atoms with Crippen molar-refractivity contribution < 1.29 is 4.79 Å². The number of nitrogens with two attached hydrogens (primary N) is 1. The summed E-state index contributed by atoms with van der Waals surface area (Å²) in [4.78, 5) is 11.4. The van der Waals surface area contributed by atoms with Crippen molar-refractivity contribution in [3.05, 3.63) is 33.8 Å². The topological polar surface area (TPSA) is 43.1 Å². The van der Waals surface area contributed by atoms with Crippen LogP contribution in [-0.2, 0) is 6.42 Å². The minimum absolute atomic E-state index is 0.00171. The fraction of sp³-hybridized carbons (Fsp3) is 0.300. The third-order valence-corrected chi connectivity index (χ3v) is 2.43. The van der Waals surface area contributed by atoms with Gasteiger partial charge in [-0.25, -0.2) is 0 Å². The molecule has 1 rings (SSSR count). The summed E-state index contributed by atoms with van der Waals surface area (Å²) in [5.41, 5.74) is 7.10. The Labute approximate surface area is 86.3 Å². The molecule has 0 aromatic heterocycles. The molecule has 0 aliphatic carbocycles. The molecule has 0 aliphatic rings. The van der Waals surface area contributed by atoms with Crippen LogP contribution in [0.25, 0.3) is 0 Å². The highest BCUT2D eigenvalue weighted by molar-refractivity contribution is 9.10. The zero-order chi connectivity index (χ0) is 9.84. The van der Waals surface area contributed by atoms with E-state index in [-0.39, 0.29) is 12.3 Å². The van der Waals surface area contributed by atoms with E-state index in [0.29, 0.717) is 0 Å². The molecule has 0 spiro atoms. The lowest BCUT2D eigenvalue weighted by Gasteiger charge is -2.05. The highest BCUT2D eigenvalue weighted by Gasteiger charge is 2.08. The highest BCUT2D eigenvalue weighted by atomic mass is 79.9. The normalized spacial score (nSPS) is 10.1. The fourth-order valence-electron chi connectivity index (χ4n) is 1.23. The van der Waals surface area contributed by atoms with E-state index in [1.165, 1.54) is 0 Å². The Balaban J connectivity index is 3.15. The Morgan fingerprint density at radius 3 is 2.77 bits per heavy atom. The maximum atomic E-state index is 11.4. The molecule has 1 aromatic carbocycles. The maximum absolute atomic E-state index is 11.4. The molecule has 0 radical (unpaired) electrons. The van der Waals surface area contributed by atoms with Crippen molar-refractivity contribution >= 4 is 21.7 Å². The third kappa shape index (κ3) is 2.39. The van der Waals surface area contributed by atoms with Gasteiger partial charge in [0.25, 0.3) is 0 Å². The van der Waals surface area contributed by atoms with E-state index in [1.807, 2.05) is 25.1 Å². The van der Waals surface area contributed by atoms with E-state index in [4.69, 9.17) is 5.73 Å². The van der Waals surface area contributed by atoms with Crippen molar-refractivity contribution in [1.82, 2.24) is 0 Å². The molecular formula is C10H12BrNO. The van der Waals surface area contributed by atoms with Gasteiger partial charge in [-0.3, -0.25) is 4.79 Å². The van der Waals surface area contributed by atoms with E-state index in [0.717, 1.165) is 22.0 Å². The summed E-state index contributed by atoms with van der Waals surface area (Å²) in [7, 11) is 0. The lowest BCUT2D eigenvalue weighted by Crippen LogP contribution is -2.15. The number of hydrogen-bond acceptors (Lipinski definition) is 2. The van der Waals surface area contributed by atoms with Gasteiger partial charge in [0.05, 0.1) is 6.54 Å². The van der Waals surface area contributed by atoms with Gasteiger partial charge in [-0.1, -0.05) is 28.9 Å². The minimum Gasteiger partial charge on any atom is -0.324 e. The Morgan fingerprint density at radius 1 is 1.54 bits per heavy atom. The van der Waals surface area contributed by atoms with Gasteiger partial charge in [0, 0.05) is 10.0 Å². The molecule has 0 fully saturated rings. The summed E-state index contributed by atoms with van der Waals surface area (Å²) in [5, 5.41) is 0. The maximum Gasteiger partial charge on any atom is 0.176 e. The first-order valence-corrected chi connectivity index (χ1v) is 5.00.